The van der Waals surface area contributed by atoms with Gasteiger partial charge in [0.25, 0.3) is 0 Å². The van der Waals surface area contributed by atoms with Crippen molar-refractivity contribution in [2.45, 2.75) is 25.5 Å². The minimum absolute atomic E-state index is 0.0202. The number of rotatable bonds is 2. The van der Waals surface area contributed by atoms with Crippen LogP contribution < -0.4 is 5.73 Å². The fraction of sp³-hybridized carbons (Fsp3) is 0.500. The Morgan fingerprint density at radius 1 is 1.53 bits per heavy atom. The average molecular weight is 209 g/mol. The van der Waals surface area contributed by atoms with Gasteiger partial charge < -0.3 is 10.5 Å². The molecule has 2 nitrogen and oxygen atoms in total. The largest absolute Gasteiger partial charge is 0.376 e. The molecular formula is C12H16FNO. The lowest BCUT2D eigenvalue weighted by Crippen LogP contribution is -2.29. The van der Waals surface area contributed by atoms with Crippen molar-refractivity contribution in [2.75, 3.05) is 6.61 Å². The third kappa shape index (κ3) is 2.19. The van der Waals surface area contributed by atoms with Crippen LogP contribution in [0.25, 0.3) is 0 Å². The van der Waals surface area contributed by atoms with Gasteiger partial charge in [0.1, 0.15) is 5.82 Å². The van der Waals surface area contributed by atoms with Crippen LogP contribution in [0.3, 0.4) is 0 Å². The van der Waals surface area contributed by atoms with Crippen LogP contribution in [-0.2, 0) is 4.74 Å². The molecule has 0 saturated carbocycles. The second-order valence-corrected chi connectivity index (χ2v) is 4.18. The van der Waals surface area contributed by atoms with Crippen molar-refractivity contribution >= 4 is 0 Å². The van der Waals surface area contributed by atoms with Gasteiger partial charge in [-0.05, 0) is 30.0 Å². The van der Waals surface area contributed by atoms with E-state index >= 15 is 0 Å². The molecule has 1 aliphatic heterocycles. The first-order valence-electron chi connectivity index (χ1n) is 5.31. The summed E-state index contributed by atoms with van der Waals surface area (Å²) < 4.78 is 18.6. The first-order valence-corrected chi connectivity index (χ1v) is 5.31. The van der Waals surface area contributed by atoms with E-state index in [0.717, 1.165) is 18.6 Å². The van der Waals surface area contributed by atoms with Gasteiger partial charge in [0.05, 0.1) is 12.1 Å². The third-order valence-electron chi connectivity index (χ3n) is 3.03. The molecule has 0 amide bonds. The highest BCUT2D eigenvalue weighted by atomic mass is 19.1. The lowest BCUT2D eigenvalue weighted by atomic mass is 9.93. The summed E-state index contributed by atoms with van der Waals surface area (Å²) in [6.07, 6.45) is 1.06. The van der Waals surface area contributed by atoms with Crippen molar-refractivity contribution in [1.82, 2.24) is 0 Å². The molecule has 1 heterocycles. The number of ether oxygens (including phenoxy) is 1. The van der Waals surface area contributed by atoms with Crippen molar-refractivity contribution in [1.29, 1.82) is 0 Å². The third-order valence-corrected chi connectivity index (χ3v) is 3.03. The standard InChI is InChI=1S/C12H16FNO/c1-8-5-6-15-12(8)11(14)9-3-2-4-10(13)7-9/h2-4,7-8,11-12H,5-6,14H2,1H3. The molecule has 2 N–H and O–H groups in total. The normalized spacial score (nSPS) is 27.9. The van der Waals surface area contributed by atoms with Gasteiger partial charge in [0, 0.05) is 6.61 Å². The van der Waals surface area contributed by atoms with E-state index in [0.29, 0.717) is 5.92 Å². The van der Waals surface area contributed by atoms with Gasteiger partial charge in [-0.1, -0.05) is 19.1 Å². The maximum atomic E-state index is 13.0. The molecular weight excluding hydrogens is 193 g/mol. The minimum Gasteiger partial charge on any atom is -0.376 e. The predicted octanol–water partition coefficient (Wildman–Crippen LogP) is 2.25. The van der Waals surface area contributed by atoms with Gasteiger partial charge in [-0.25, -0.2) is 4.39 Å². The molecule has 0 aliphatic carbocycles. The van der Waals surface area contributed by atoms with Gasteiger partial charge in [-0.15, -0.1) is 0 Å². The van der Waals surface area contributed by atoms with E-state index in [-0.39, 0.29) is 18.0 Å². The Morgan fingerprint density at radius 2 is 2.33 bits per heavy atom. The van der Waals surface area contributed by atoms with Crippen LogP contribution in [0.15, 0.2) is 24.3 Å². The Labute approximate surface area is 89.2 Å². The molecule has 82 valence electrons. The van der Waals surface area contributed by atoms with Crippen LogP contribution >= 0.6 is 0 Å². The van der Waals surface area contributed by atoms with Gasteiger partial charge in [-0.2, -0.15) is 0 Å². The van der Waals surface area contributed by atoms with Crippen LogP contribution in [0.4, 0.5) is 4.39 Å². The predicted molar refractivity (Wildman–Crippen MR) is 56.8 cm³/mol. The fourth-order valence-corrected chi connectivity index (χ4v) is 2.08. The molecule has 15 heavy (non-hydrogen) atoms. The van der Waals surface area contributed by atoms with E-state index in [4.69, 9.17) is 10.5 Å². The van der Waals surface area contributed by atoms with Crippen molar-refractivity contribution in [3.63, 3.8) is 0 Å². The number of halogens is 1. The zero-order valence-corrected chi connectivity index (χ0v) is 8.82. The van der Waals surface area contributed by atoms with E-state index in [1.807, 2.05) is 6.07 Å². The molecule has 0 bridgehead atoms. The van der Waals surface area contributed by atoms with Crippen LogP contribution in [0.2, 0.25) is 0 Å². The molecule has 1 aromatic rings. The molecule has 0 spiro atoms. The van der Waals surface area contributed by atoms with Gasteiger partial charge in [0.2, 0.25) is 0 Å². The van der Waals surface area contributed by atoms with Crippen molar-refractivity contribution < 1.29 is 9.13 Å². The number of hydrogen-bond donors (Lipinski definition) is 1. The first-order chi connectivity index (χ1) is 7.18. The van der Waals surface area contributed by atoms with Crippen molar-refractivity contribution in [2.24, 2.45) is 11.7 Å². The van der Waals surface area contributed by atoms with Crippen LogP contribution in [0, 0.1) is 11.7 Å². The Bertz CT molecular complexity index is 342. The monoisotopic (exact) mass is 209 g/mol. The summed E-state index contributed by atoms with van der Waals surface area (Å²) in [5.41, 5.74) is 6.88. The molecule has 3 heteroatoms. The molecule has 1 fully saturated rings. The summed E-state index contributed by atoms with van der Waals surface area (Å²) in [5, 5.41) is 0. The molecule has 1 saturated heterocycles. The highest BCUT2D eigenvalue weighted by Crippen LogP contribution is 2.29. The summed E-state index contributed by atoms with van der Waals surface area (Å²) in [7, 11) is 0. The number of nitrogens with two attached hydrogens (primary N) is 1. The summed E-state index contributed by atoms with van der Waals surface area (Å²) in [5.74, 6) is 0.205. The summed E-state index contributed by atoms with van der Waals surface area (Å²) in [6.45, 7) is 2.88. The Balaban J connectivity index is 2.16. The van der Waals surface area contributed by atoms with Gasteiger partial charge in [0.15, 0.2) is 0 Å². The molecule has 2 rings (SSSR count). The summed E-state index contributed by atoms with van der Waals surface area (Å²) >= 11 is 0. The van der Waals surface area contributed by atoms with Crippen LogP contribution in [0.1, 0.15) is 24.9 Å². The number of hydrogen-bond acceptors (Lipinski definition) is 2. The summed E-state index contributed by atoms with van der Waals surface area (Å²) in [4.78, 5) is 0. The zero-order chi connectivity index (χ0) is 10.8. The highest BCUT2D eigenvalue weighted by molar-refractivity contribution is 5.21. The van der Waals surface area contributed by atoms with Gasteiger partial charge in [-0.3, -0.25) is 0 Å². The van der Waals surface area contributed by atoms with E-state index in [1.54, 1.807) is 6.07 Å². The van der Waals surface area contributed by atoms with E-state index in [2.05, 4.69) is 6.92 Å². The molecule has 3 atom stereocenters. The second kappa shape index (κ2) is 4.29. The quantitative estimate of drug-likeness (QED) is 0.810. The first kappa shape index (κ1) is 10.6. The average Bonchev–Trinajstić information content (AvgIpc) is 2.63. The molecule has 1 aromatic carbocycles. The van der Waals surface area contributed by atoms with Crippen molar-refractivity contribution in [3.05, 3.63) is 35.6 Å². The highest BCUT2D eigenvalue weighted by Gasteiger charge is 2.30. The van der Waals surface area contributed by atoms with Crippen molar-refractivity contribution in [3.8, 4) is 0 Å². The Morgan fingerprint density at radius 3 is 2.93 bits per heavy atom. The Hall–Kier alpha value is -0.930. The topological polar surface area (TPSA) is 35.2 Å². The minimum atomic E-state index is -0.242. The zero-order valence-electron chi connectivity index (χ0n) is 8.82. The molecule has 1 aliphatic rings. The lowest BCUT2D eigenvalue weighted by molar-refractivity contribution is 0.0724. The maximum Gasteiger partial charge on any atom is 0.123 e. The fourth-order valence-electron chi connectivity index (χ4n) is 2.08. The lowest BCUT2D eigenvalue weighted by Gasteiger charge is -2.22. The molecule has 0 aromatic heterocycles. The van der Waals surface area contributed by atoms with Crippen LogP contribution in [0.5, 0.6) is 0 Å². The molecule has 3 unspecified atom stereocenters. The second-order valence-electron chi connectivity index (χ2n) is 4.18. The summed E-state index contributed by atoms with van der Waals surface area (Å²) in [6, 6.07) is 6.22. The van der Waals surface area contributed by atoms with E-state index < -0.39 is 0 Å². The van der Waals surface area contributed by atoms with E-state index in [9.17, 15) is 4.39 Å². The smallest absolute Gasteiger partial charge is 0.123 e. The van der Waals surface area contributed by atoms with E-state index in [1.165, 1.54) is 12.1 Å². The van der Waals surface area contributed by atoms with Gasteiger partial charge >= 0.3 is 0 Å². The maximum absolute atomic E-state index is 13.0. The SMILES string of the molecule is CC1CCOC1C(N)c1cccc(F)c1. The number of benzene rings is 1. The van der Waals surface area contributed by atoms with Crippen LogP contribution in [-0.4, -0.2) is 12.7 Å². The molecule has 0 radical (unpaired) electrons. The Kier molecular flexibility index (Phi) is 3.03.